The highest BCUT2D eigenvalue weighted by atomic mass is 15.3. The maximum Gasteiger partial charge on any atom is 0.142 e. The van der Waals surface area contributed by atoms with E-state index in [1.807, 2.05) is 14.0 Å². The van der Waals surface area contributed by atoms with Crippen molar-refractivity contribution in [2.24, 2.45) is 13.0 Å². The minimum Gasteiger partial charge on any atom is -0.366 e. The van der Waals surface area contributed by atoms with Crippen molar-refractivity contribution in [2.45, 2.75) is 52.0 Å². The zero-order valence-corrected chi connectivity index (χ0v) is 11.5. The van der Waals surface area contributed by atoms with Gasteiger partial charge in [-0.3, -0.25) is 4.68 Å². The van der Waals surface area contributed by atoms with Crippen LogP contribution in [0.25, 0.3) is 0 Å². The SMILES string of the molecule is CCC1CCCC(Nc2c(C#N)c(C)nn2C)C1. The molecule has 4 nitrogen and oxygen atoms in total. The molecule has 1 aliphatic carbocycles. The van der Waals surface area contributed by atoms with Crippen LogP contribution in [0.2, 0.25) is 0 Å². The van der Waals surface area contributed by atoms with Gasteiger partial charge in [0.25, 0.3) is 0 Å². The first-order valence-corrected chi connectivity index (χ1v) is 6.86. The molecular formula is C14H22N4. The molecule has 0 radical (unpaired) electrons. The first-order chi connectivity index (χ1) is 8.65. The molecule has 2 atom stereocenters. The van der Waals surface area contributed by atoms with E-state index in [-0.39, 0.29) is 0 Å². The second-order valence-electron chi connectivity index (χ2n) is 5.33. The summed E-state index contributed by atoms with van der Waals surface area (Å²) < 4.78 is 1.80. The fraction of sp³-hybridized carbons (Fsp3) is 0.714. The Morgan fingerprint density at radius 2 is 2.28 bits per heavy atom. The van der Waals surface area contributed by atoms with E-state index in [0.717, 1.165) is 17.4 Å². The minimum absolute atomic E-state index is 0.491. The fourth-order valence-corrected chi connectivity index (χ4v) is 2.94. The predicted molar refractivity (Wildman–Crippen MR) is 72.3 cm³/mol. The summed E-state index contributed by atoms with van der Waals surface area (Å²) in [6.07, 6.45) is 6.31. The molecule has 1 saturated carbocycles. The van der Waals surface area contributed by atoms with Crippen LogP contribution in [0.1, 0.15) is 50.3 Å². The maximum atomic E-state index is 9.20. The summed E-state index contributed by atoms with van der Waals surface area (Å²) in [5, 5.41) is 17.0. The molecule has 0 aromatic carbocycles. The molecule has 1 aromatic heterocycles. The predicted octanol–water partition coefficient (Wildman–Crippen LogP) is 2.98. The number of nitriles is 1. The van der Waals surface area contributed by atoms with Crippen molar-refractivity contribution >= 4 is 5.82 Å². The molecular weight excluding hydrogens is 224 g/mol. The van der Waals surface area contributed by atoms with Crippen LogP contribution in [-0.4, -0.2) is 15.8 Å². The van der Waals surface area contributed by atoms with Gasteiger partial charge in [-0.1, -0.05) is 26.2 Å². The average molecular weight is 246 g/mol. The number of aromatic nitrogens is 2. The Hall–Kier alpha value is -1.50. The minimum atomic E-state index is 0.491. The van der Waals surface area contributed by atoms with E-state index >= 15 is 0 Å². The number of anilines is 1. The van der Waals surface area contributed by atoms with Crippen molar-refractivity contribution in [1.82, 2.24) is 9.78 Å². The molecule has 0 spiro atoms. The second kappa shape index (κ2) is 5.43. The molecule has 4 heteroatoms. The lowest BCUT2D eigenvalue weighted by Gasteiger charge is -2.29. The van der Waals surface area contributed by atoms with Crippen molar-refractivity contribution in [1.29, 1.82) is 5.26 Å². The molecule has 2 rings (SSSR count). The third-order valence-corrected chi connectivity index (χ3v) is 4.04. The van der Waals surface area contributed by atoms with Crippen LogP contribution in [0.4, 0.5) is 5.82 Å². The van der Waals surface area contributed by atoms with Gasteiger partial charge in [-0.2, -0.15) is 10.4 Å². The van der Waals surface area contributed by atoms with Crippen molar-refractivity contribution in [3.63, 3.8) is 0 Å². The largest absolute Gasteiger partial charge is 0.366 e. The van der Waals surface area contributed by atoms with Gasteiger partial charge in [-0.25, -0.2) is 0 Å². The van der Waals surface area contributed by atoms with Gasteiger partial charge < -0.3 is 5.32 Å². The first kappa shape index (κ1) is 12.9. The van der Waals surface area contributed by atoms with Crippen molar-refractivity contribution in [2.75, 3.05) is 5.32 Å². The first-order valence-electron chi connectivity index (χ1n) is 6.86. The average Bonchev–Trinajstić information content (AvgIpc) is 2.64. The van der Waals surface area contributed by atoms with Crippen LogP contribution in [0, 0.1) is 24.2 Å². The molecule has 2 unspecified atom stereocenters. The Kier molecular flexibility index (Phi) is 3.90. The summed E-state index contributed by atoms with van der Waals surface area (Å²) in [6.45, 7) is 4.15. The standard InChI is InChI=1S/C14H22N4/c1-4-11-6-5-7-12(8-11)16-14-13(9-15)10(2)17-18(14)3/h11-12,16H,4-8H2,1-3H3. The summed E-state index contributed by atoms with van der Waals surface area (Å²) in [6, 6.07) is 2.74. The molecule has 1 aliphatic rings. The van der Waals surface area contributed by atoms with E-state index in [0.29, 0.717) is 11.6 Å². The van der Waals surface area contributed by atoms with Gasteiger partial charge in [0.2, 0.25) is 0 Å². The molecule has 18 heavy (non-hydrogen) atoms. The Balaban J connectivity index is 2.12. The number of hydrogen-bond donors (Lipinski definition) is 1. The monoisotopic (exact) mass is 246 g/mol. The van der Waals surface area contributed by atoms with Gasteiger partial charge in [0.05, 0.1) is 5.69 Å². The maximum absolute atomic E-state index is 9.20. The number of nitrogens with one attached hydrogen (secondary N) is 1. The third kappa shape index (κ3) is 2.50. The number of aryl methyl sites for hydroxylation is 2. The molecule has 0 amide bonds. The van der Waals surface area contributed by atoms with Crippen LogP contribution in [-0.2, 0) is 7.05 Å². The van der Waals surface area contributed by atoms with Crippen LogP contribution in [0.3, 0.4) is 0 Å². The highest BCUT2D eigenvalue weighted by molar-refractivity contribution is 5.55. The molecule has 1 fully saturated rings. The molecule has 1 aromatic rings. The Morgan fingerprint density at radius 1 is 1.50 bits per heavy atom. The summed E-state index contributed by atoms with van der Waals surface area (Å²) in [7, 11) is 1.90. The van der Waals surface area contributed by atoms with Crippen LogP contribution >= 0.6 is 0 Å². The summed E-state index contributed by atoms with van der Waals surface area (Å²) in [4.78, 5) is 0. The van der Waals surface area contributed by atoms with Gasteiger partial charge in [-0.15, -0.1) is 0 Å². The molecule has 98 valence electrons. The number of rotatable bonds is 3. The number of nitrogens with zero attached hydrogens (tertiary/aromatic N) is 3. The molecule has 0 aliphatic heterocycles. The zero-order chi connectivity index (χ0) is 13.1. The van der Waals surface area contributed by atoms with Gasteiger partial charge in [0, 0.05) is 13.1 Å². The Morgan fingerprint density at radius 3 is 2.94 bits per heavy atom. The van der Waals surface area contributed by atoms with Crippen LogP contribution < -0.4 is 5.32 Å². The van der Waals surface area contributed by atoms with Crippen LogP contribution in [0.15, 0.2) is 0 Å². The lowest BCUT2D eigenvalue weighted by Crippen LogP contribution is -2.28. The van der Waals surface area contributed by atoms with Gasteiger partial charge in [0.15, 0.2) is 0 Å². The molecule has 1 N–H and O–H groups in total. The van der Waals surface area contributed by atoms with Crippen LogP contribution in [0.5, 0.6) is 0 Å². The van der Waals surface area contributed by atoms with Gasteiger partial charge >= 0.3 is 0 Å². The molecule has 0 bridgehead atoms. The second-order valence-corrected chi connectivity index (χ2v) is 5.33. The lowest BCUT2D eigenvalue weighted by atomic mass is 9.84. The Bertz CT molecular complexity index is 455. The summed E-state index contributed by atoms with van der Waals surface area (Å²) in [5.41, 5.74) is 1.50. The highest BCUT2D eigenvalue weighted by Gasteiger charge is 2.23. The smallest absolute Gasteiger partial charge is 0.142 e. The molecule has 0 saturated heterocycles. The Labute approximate surface area is 109 Å². The lowest BCUT2D eigenvalue weighted by molar-refractivity contribution is 0.326. The van der Waals surface area contributed by atoms with E-state index in [1.54, 1.807) is 4.68 Å². The highest BCUT2D eigenvalue weighted by Crippen LogP contribution is 2.29. The normalized spacial score (nSPS) is 23.7. The van der Waals surface area contributed by atoms with Crippen molar-refractivity contribution in [3.8, 4) is 6.07 Å². The quantitative estimate of drug-likeness (QED) is 0.892. The summed E-state index contributed by atoms with van der Waals surface area (Å²) in [5.74, 6) is 1.72. The van der Waals surface area contributed by atoms with E-state index < -0.39 is 0 Å². The van der Waals surface area contributed by atoms with E-state index in [4.69, 9.17) is 0 Å². The summed E-state index contributed by atoms with van der Waals surface area (Å²) >= 11 is 0. The van der Waals surface area contributed by atoms with Crippen molar-refractivity contribution in [3.05, 3.63) is 11.3 Å². The fourth-order valence-electron chi connectivity index (χ4n) is 2.94. The molecule has 1 heterocycles. The van der Waals surface area contributed by atoms with E-state index in [9.17, 15) is 5.26 Å². The van der Waals surface area contributed by atoms with E-state index in [2.05, 4.69) is 23.4 Å². The van der Waals surface area contributed by atoms with Gasteiger partial charge in [-0.05, 0) is 25.7 Å². The number of hydrogen-bond acceptors (Lipinski definition) is 3. The van der Waals surface area contributed by atoms with E-state index in [1.165, 1.54) is 32.1 Å². The zero-order valence-electron chi connectivity index (χ0n) is 11.5. The topological polar surface area (TPSA) is 53.6 Å². The van der Waals surface area contributed by atoms with Crippen molar-refractivity contribution < 1.29 is 0 Å². The third-order valence-electron chi connectivity index (χ3n) is 4.04. The van der Waals surface area contributed by atoms with Gasteiger partial charge in [0.1, 0.15) is 17.5 Å².